The van der Waals surface area contributed by atoms with Gasteiger partial charge in [-0.2, -0.15) is 0 Å². The molecule has 0 spiro atoms. The van der Waals surface area contributed by atoms with Crippen LogP contribution in [0.25, 0.3) is 116 Å². The summed E-state index contributed by atoms with van der Waals surface area (Å²) in [5.41, 5.74) is 16.3. The zero-order chi connectivity index (χ0) is 40.3. The predicted molar refractivity (Wildman–Crippen MR) is 256 cm³/mol. The van der Waals surface area contributed by atoms with Crippen LogP contribution in [0.3, 0.4) is 0 Å². The number of aromatic nitrogens is 3. The normalized spacial score (nSPS) is 11.6. The van der Waals surface area contributed by atoms with E-state index < -0.39 is 0 Å². The molecule has 2 heterocycles. The molecule has 0 aliphatic rings. The summed E-state index contributed by atoms with van der Waals surface area (Å²) in [6.07, 6.45) is 0. The highest BCUT2D eigenvalue weighted by Gasteiger charge is 2.19. The van der Waals surface area contributed by atoms with Gasteiger partial charge in [0.1, 0.15) is 0 Å². The van der Waals surface area contributed by atoms with Gasteiger partial charge in [0.15, 0.2) is 0 Å². The second-order valence-corrected chi connectivity index (χ2v) is 15.7. The molecule has 0 aliphatic heterocycles. The van der Waals surface area contributed by atoms with E-state index in [1.165, 1.54) is 60.5 Å². The summed E-state index contributed by atoms with van der Waals surface area (Å²) in [4.78, 5) is 11.0. The molecule has 0 aliphatic carbocycles. The zero-order valence-electron chi connectivity index (χ0n) is 33.2. The van der Waals surface area contributed by atoms with Gasteiger partial charge in [-0.3, -0.25) is 0 Å². The second-order valence-electron chi connectivity index (χ2n) is 15.7. The lowest BCUT2D eigenvalue weighted by molar-refractivity contribution is 1.18. The van der Waals surface area contributed by atoms with Crippen molar-refractivity contribution in [2.24, 2.45) is 0 Å². The van der Waals surface area contributed by atoms with Crippen molar-refractivity contribution < 1.29 is 0 Å². The Hall–Kier alpha value is -8.14. The largest absolute Gasteiger partial charge is 0.309 e. The first-order valence-corrected chi connectivity index (χ1v) is 20.8. The fraction of sp³-hybridized carbons (Fsp3) is 0. The number of rotatable bonds is 6. The van der Waals surface area contributed by atoms with Gasteiger partial charge in [-0.1, -0.05) is 182 Å². The van der Waals surface area contributed by atoms with E-state index in [0.717, 1.165) is 55.4 Å². The van der Waals surface area contributed by atoms with Crippen molar-refractivity contribution in [2.75, 3.05) is 0 Å². The highest BCUT2D eigenvalue weighted by Crippen LogP contribution is 2.40. The van der Waals surface area contributed by atoms with Crippen molar-refractivity contribution in [1.29, 1.82) is 0 Å². The van der Waals surface area contributed by atoms with Gasteiger partial charge in [0.05, 0.1) is 33.5 Å². The third-order valence-corrected chi connectivity index (χ3v) is 12.2. The fourth-order valence-electron chi connectivity index (χ4n) is 9.25. The first-order valence-electron chi connectivity index (χ1n) is 20.8. The Balaban J connectivity index is 0.914. The summed E-state index contributed by atoms with van der Waals surface area (Å²) in [5, 5.41) is 7.10. The van der Waals surface area contributed by atoms with Crippen LogP contribution < -0.4 is 0 Å². The molecule has 61 heavy (non-hydrogen) atoms. The minimum absolute atomic E-state index is 0.872. The second kappa shape index (κ2) is 14.3. The molecular formula is C58H37N3. The maximum absolute atomic E-state index is 5.50. The SMILES string of the molecule is c1ccc(-c2nc3c4ccccc4c4ccccc4c3nc2-c2cccc(-c3ccc(-c4cccc(-c5ccc6c(c5)c5ccccc5n6-c5ccccc5)c4)cc3)c2)cc1. The fourth-order valence-corrected chi connectivity index (χ4v) is 9.25. The molecule has 3 heteroatoms. The molecule has 2 aromatic heterocycles. The van der Waals surface area contributed by atoms with E-state index in [1.54, 1.807) is 0 Å². The molecule has 12 aromatic rings. The van der Waals surface area contributed by atoms with Crippen molar-refractivity contribution in [2.45, 2.75) is 0 Å². The Kier molecular flexibility index (Phi) is 8.17. The smallest absolute Gasteiger partial charge is 0.0979 e. The third-order valence-electron chi connectivity index (χ3n) is 12.2. The molecule has 0 fully saturated rings. The van der Waals surface area contributed by atoms with Crippen LogP contribution in [0.15, 0.2) is 224 Å². The van der Waals surface area contributed by atoms with Gasteiger partial charge in [-0.25, -0.2) is 9.97 Å². The van der Waals surface area contributed by atoms with Gasteiger partial charge in [-0.15, -0.1) is 0 Å². The third kappa shape index (κ3) is 5.90. The van der Waals surface area contributed by atoms with E-state index in [9.17, 15) is 0 Å². The van der Waals surface area contributed by atoms with Gasteiger partial charge in [-0.05, 0) is 86.6 Å². The predicted octanol–water partition coefficient (Wildman–Crippen LogP) is 15.4. The molecule has 0 saturated heterocycles. The van der Waals surface area contributed by atoms with Crippen LogP contribution in [-0.2, 0) is 0 Å². The highest BCUT2D eigenvalue weighted by molar-refractivity contribution is 6.23. The van der Waals surface area contributed by atoms with E-state index >= 15 is 0 Å². The van der Waals surface area contributed by atoms with Gasteiger partial charge >= 0.3 is 0 Å². The van der Waals surface area contributed by atoms with Crippen LogP contribution in [0.4, 0.5) is 0 Å². The van der Waals surface area contributed by atoms with Gasteiger partial charge < -0.3 is 4.57 Å². The van der Waals surface area contributed by atoms with Crippen molar-refractivity contribution in [1.82, 2.24) is 14.5 Å². The van der Waals surface area contributed by atoms with Gasteiger partial charge in [0.2, 0.25) is 0 Å². The Labute approximate surface area is 353 Å². The number of hydrogen-bond donors (Lipinski definition) is 0. The van der Waals surface area contributed by atoms with Crippen LogP contribution in [0, 0.1) is 0 Å². The molecule has 0 amide bonds. The van der Waals surface area contributed by atoms with E-state index in [1.807, 2.05) is 6.07 Å². The molecule has 0 N–H and O–H groups in total. The van der Waals surface area contributed by atoms with Crippen LogP contribution >= 0.6 is 0 Å². The van der Waals surface area contributed by atoms with Crippen LogP contribution in [0.2, 0.25) is 0 Å². The Morgan fingerprint density at radius 2 is 0.656 bits per heavy atom. The molecule has 284 valence electrons. The number of hydrogen-bond acceptors (Lipinski definition) is 2. The lowest BCUT2D eigenvalue weighted by atomic mass is 9.95. The van der Waals surface area contributed by atoms with Crippen molar-refractivity contribution in [3.8, 4) is 61.6 Å². The first kappa shape index (κ1) is 34.9. The molecular weight excluding hydrogens is 739 g/mol. The molecule has 12 rings (SSSR count). The van der Waals surface area contributed by atoms with E-state index in [2.05, 4.69) is 223 Å². The summed E-state index contributed by atoms with van der Waals surface area (Å²) in [5.74, 6) is 0. The molecule has 0 saturated carbocycles. The number of para-hydroxylation sites is 2. The number of fused-ring (bicyclic) bond motifs is 9. The Bertz CT molecular complexity index is 3620. The molecule has 0 bridgehead atoms. The summed E-state index contributed by atoms with van der Waals surface area (Å²) >= 11 is 0. The van der Waals surface area contributed by atoms with Crippen molar-refractivity contribution in [3.05, 3.63) is 224 Å². The summed E-state index contributed by atoms with van der Waals surface area (Å²) in [7, 11) is 0. The average Bonchev–Trinajstić information content (AvgIpc) is 3.68. The minimum atomic E-state index is 0.872. The monoisotopic (exact) mass is 775 g/mol. The lowest BCUT2D eigenvalue weighted by Crippen LogP contribution is -1.97. The summed E-state index contributed by atoms with van der Waals surface area (Å²) in [6.45, 7) is 0. The minimum Gasteiger partial charge on any atom is -0.309 e. The Morgan fingerprint density at radius 3 is 1.28 bits per heavy atom. The maximum atomic E-state index is 5.50. The molecule has 0 radical (unpaired) electrons. The summed E-state index contributed by atoms with van der Waals surface area (Å²) in [6, 6.07) is 80.3. The van der Waals surface area contributed by atoms with Crippen LogP contribution in [0.5, 0.6) is 0 Å². The maximum Gasteiger partial charge on any atom is 0.0979 e. The summed E-state index contributed by atoms with van der Waals surface area (Å²) < 4.78 is 2.36. The standard InChI is InChI=1S/C58H37N3/c1-3-15-40(16-4-1)55-56(60-58-51-27-10-8-24-48(51)47-23-7-9-26-50(47)57(58)59-55)45-20-14-18-42(36-45)39-31-29-38(30-32-39)41-17-13-19-43(35-41)44-33-34-54-52(37-44)49-25-11-12-28-53(49)61(54)46-21-5-2-6-22-46/h1-37H. The van der Waals surface area contributed by atoms with Crippen molar-refractivity contribution in [3.63, 3.8) is 0 Å². The van der Waals surface area contributed by atoms with Crippen molar-refractivity contribution >= 4 is 54.4 Å². The molecule has 0 atom stereocenters. The van der Waals surface area contributed by atoms with Gasteiger partial charge in [0.25, 0.3) is 0 Å². The van der Waals surface area contributed by atoms with E-state index in [0.29, 0.717) is 0 Å². The average molecular weight is 776 g/mol. The van der Waals surface area contributed by atoms with E-state index in [-0.39, 0.29) is 0 Å². The molecule has 0 unspecified atom stereocenters. The molecule has 3 nitrogen and oxygen atoms in total. The lowest BCUT2D eigenvalue weighted by Gasteiger charge is -2.15. The van der Waals surface area contributed by atoms with Crippen LogP contribution in [-0.4, -0.2) is 14.5 Å². The quantitative estimate of drug-likeness (QED) is 0.158. The van der Waals surface area contributed by atoms with Gasteiger partial charge in [0, 0.05) is 38.4 Å². The van der Waals surface area contributed by atoms with E-state index in [4.69, 9.17) is 9.97 Å². The zero-order valence-corrected chi connectivity index (χ0v) is 33.2. The van der Waals surface area contributed by atoms with Crippen LogP contribution in [0.1, 0.15) is 0 Å². The first-order chi connectivity index (χ1) is 30.2. The topological polar surface area (TPSA) is 30.7 Å². The molecule has 10 aromatic carbocycles. The highest BCUT2D eigenvalue weighted by atomic mass is 15.0. The Morgan fingerprint density at radius 1 is 0.246 bits per heavy atom. The number of nitrogens with zero attached hydrogens (tertiary/aromatic N) is 3. The number of benzene rings is 10.